The molecule has 2 heterocycles. The van der Waals surface area contributed by atoms with Crippen LogP contribution in [0.25, 0.3) is 10.2 Å². The van der Waals surface area contributed by atoms with E-state index in [1.165, 1.54) is 18.4 Å². The number of pyridine rings is 1. The van der Waals surface area contributed by atoms with Crippen molar-refractivity contribution in [3.63, 3.8) is 0 Å². The van der Waals surface area contributed by atoms with E-state index in [4.69, 9.17) is 9.47 Å². The molecule has 118 valence electrons. The highest BCUT2D eigenvalue weighted by Gasteiger charge is 2.12. The Morgan fingerprint density at radius 2 is 2.18 bits per heavy atom. The largest absolute Gasteiger partial charge is 0.463 e. The lowest BCUT2D eigenvalue weighted by Gasteiger charge is -2.05. The highest BCUT2D eigenvalue weighted by molar-refractivity contribution is 7.20. The van der Waals surface area contributed by atoms with Gasteiger partial charge in [0.1, 0.15) is 6.61 Å². The molecule has 2 rings (SSSR count). The summed E-state index contributed by atoms with van der Waals surface area (Å²) in [6.07, 6.45) is 1.86. The van der Waals surface area contributed by atoms with E-state index < -0.39 is 0 Å². The van der Waals surface area contributed by atoms with E-state index in [0.29, 0.717) is 11.5 Å². The Kier molecular flexibility index (Phi) is 5.85. The van der Waals surface area contributed by atoms with Crippen LogP contribution < -0.4 is 5.32 Å². The van der Waals surface area contributed by atoms with Gasteiger partial charge in [0.15, 0.2) is 0 Å². The van der Waals surface area contributed by atoms with Gasteiger partial charge in [0.25, 0.3) is 5.91 Å². The number of ether oxygens (including phenoxy) is 2. The second-order valence-electron chi connectivity index (χ2n) is 4.67. The van der Waals surface area contributed by atoms with Gasteiger partial charge >= 0.3 is 5.97 Å². The lowest BCUT2D eigenvalue weighted by molar-refractivity contribution is -0.144. The molecule has 0 aliphatic heterocycles. The van der Waals surface area contributed by atoms with Crippen LogP contribution in [0.5, 0.6) is 0 Å². The Morgan fingerprint density at radius 3 is 2.91 bits per heavy atom. The zero-order valence-electron chi connectivity index (χ0n) is 12.5. The van der Waals surface area contributed by atoms with Crippen LogP contribution in [0.3, 0.4) is 0 Å². The van der Waals surface area contributed by atoms with E-state index in [-0.39, 0.29) is 31.4 Å². The van der Waals surface area contributed by atoms with Crippen molar-refractivity contribution in [3.8, 4) is 0 Å². The molecule has 22 heavy (non-hydrogen) atoms. The average molecular weight is 322 g/mol. The average Bonchev–Trinajstić information content (AvgIpc) is 2.93. The highest BCUT2D eigenvalue weighted by Crippen LogP contribution is 2.26. The summed E-state index contributed by atoms with van der Waals surface area (Å²) in [5.74, 6) is -0.557. The predicted octanol–water partition coefficient (Wildman–Crippen LogP) is 1.91. The van der Waals surface area contributed by atoms with Gasteiger partial charge in [-0.2, -0.15) is 0 Å². The number of amides is 1. The topological polar surface area (TPSA) is 77.5 Å². The van der Waals surface area contributed by atoms with Crippen molar-refractivity contribution in [3.05, 3.63) is 28.8 Å². The molecule has 0 aliphatic carbocycles. The maximum atomic E-state index is 12.1. The fraction of sp³-hybridized carbons (Fsp3) is 0.400. The Balaban J connectivity index is 1.84. The zero-order valence-corrected chi connectivity index (χ0v) is 13.4. The molecular formula is C15H18N2O4S. The van der Waals surface area contributed by atoms with E-state index in [9.17, 15) is 9.59 Å². The van der Waals surface area contributed by atoms with Crippen LogP contribution in [0.1, 0.15) is 21.7 Å². The van der Waals surface area contributed by atoms with E-state index in [1.54, 1.807) is 12.3 Å². The molecule has 2 aromatic rings. The van der Waals surface area contributed by atoms with Gasteiger partial charge in [-0.15, -0.1) is 11.3 Å². The van der Waals surface area contributed by atoms with Crippen LogP contribution >= 0.6 is 11.3 Å². The molecule has 1 N–H and O–H groups in total. The first-order valence-corrected chi connectivity index (χ1v) is 7.71. The maximum Gasteiger partial charge on any atom is 0.307 e. The number of carbonyl (C=O) groups excluding carboxylic acids is 2. The van der Waals surface area contributed by atoms with Gasteiger partial charge in [0, 0.05) is 19.9 Å². The SMILES string of the molecule is COCCOC(=O)CCNC(=O)c1cc2nccc(C)c2s1. The molecule has 0 spiro atoms. The van der Waals surface area contributed by atoms with E-state index in [2.05, 4.69) is 10.3 Å². The number of aryl methyl sites for hydroxylation is 1. The number of fused-ring (bicyclic) bond motifs is 1. The number of esters is 1. The number of nitrogens with one attached hydrogen (secondary N) is 1. The van der Waals surface area contributed by atoms with Gasteiger partial charge in [-0.25, -0.2) is 0 Å². The van der Waals surface area contributed by atoms with Crippen molar-refractivity contribution in [1.29, 1.82) is 0 Å². The lowest BCUT2D eigenvalue weighted by atomic mass is 10.2. The first kappa shape index (κ1) is 16.4. The third kappa shape index (κ3) is 4.25. The number of thiophene rings is 1. The molecule has 7 heteroatoms. The number of rotatable bonds is 7. The summed E-state index contributed by atoms with van der Waals surface area (Å²) in [4.78, 5) is 28.3. The maximum absolute atomic E-state index is 12.1. The van der Waals surface area contributed by atoms with E-state index in [0.717, 1.165) is 15.8 Å². The number of carbonyl (C=O) groups is 2. The quantitative estimate of drug-likeness (QED) is 0.622. The van der Waals surface area contributed by atoms with Crippen LogP contribution in [-0.2, 0) is 14.3 Å². The molecule has 2 aromatic heterocycles. The molecule has 0 fully saturated rings. The van der Waals surface area contributed by atoms with Crippen molar-refractivity contribution in [2.45, 2.75) is 13.3 Å². The second kappa shape index (κ2) is 7.86. The van der Waals surface area contributed by atoms with Gasteiger partial charge in [-0.3, -0.25) is 14.6 Å². The van der Waals surface area contributed by atoms with Gasteiger partial charge in [0.05, 0.1) is 28.1 Å². The van der Waals surface area contributed by atoms with Crippen LogP contribution in [0.4, 0.5) is 0 Å². The molecule has 0 saturated heterocycles. The lowest BCUT2D eigenvalue weighted by Crippen LogP contribution is -2.26. The summed E-state index contributed by atoms with van der Waals surface area (Å²) < 4.78 is 10.7. The van der Waals surface area contributed by atoms with Gasteiger partial charge in [-0.1, -0.05) is 0 Å². The van der Waals surface area contributed by atoms with Gasteiger partial charge < -0.3 is 14.8 Å². The minimum absolute atomic E-state index is 0.137. The smallest absolute Gasteiger partial charge is 0.307 e. The normalized spacial score (nSPS) is 10.6. The Morgan fingerprint density at radius 1 is 1.36 bits per heavy atom. The number of methoxy groups -OCH3 is 1. The van der Waals surface area contributed by atoms with Crippen molar-refractivity contribution in [2.75, 3.05) is 26.9 Å². The first-order chi connectivity index (χ1) is 10.6. The standard InChI is InChI=1S/C15H18N2O4S/c1-10-3-5-16-11-9-12(22-14(10)11)15(19)17-6-4-13(18)21-8-7-20-2/h3,5,9H,4,6-8H2,1-2H3,(H,17,19). The molecule has 0 aromatic carbocycles. The molecule has 6 nitrogen and oxygen atoms in total. The minimum Gasteiger partial charge on any atom is -0.463 e. The molecule has 1 amide bonds. The molecule has 0 radical (unpaired) electrons. The number of aromatic nitrogens is 1. The monoisotopic (exact) mass is 322 g/mol. The zero-order chi connectivity index (χ0) is 15.9. The molecular weight excluding hydrogens is 304 g/mol. The second-order valence-corrected chi connectivity index (χ2v) is 5.72. The third-order valence-corrected chi connectivity index (χ3v) is 4.26. The van der Waals surface area contributed by atoms with Crippen LogP contribution in [0.2, 0.25) is 0 Å². The Hall–Kier alpha value is -1.99. The number of hydrogen-bond donors (Lipinski definition) is 1. The van der Waals surface area contributed by atoms with Gasteiger partial charge in [0.2, 0.25) is 0 Å². The summed E-state index contributed by atoms with van der Waals surface area (Å²) in [7, 11) is 1.54. The fourth-order valence-corrected chi connectivity index (χ4v) is 2.85. The summed E-state index contributed by atoms with van der Waals surface area (Å²) in [5.41, 5.74) is 1.91. The third-order valence-electron chi connectivity index (χ3n) is 3.00. The number of nitrogens with zero attached hydrogens (tertiary/aromatic N) is 1. The van der Waals surface area contributed by atoms with Crippen molar-refractivity contribution >= 4 is 33.4 Å². The van der Waals surface area contributed by atoms with Gasteiger partial charge in [-0.05, 0) is 24.6 Å². The van der Waals surface area contributed by atoms with Crippen LogP contribution in [0, 0.1) is 6.92 Å². The molecule has 0 unspecified atom stereocenters. The van der Waals surface area contributed by atoms with E-state index in [1.807, 2.05) is 13.0 Å². The molecule has 0 atom stereocenters. The van der Waals surface area contributed by atoms with Crippen LogP contribution in [-0.4, -0.2) is 43.7 Å². The van der Waals surface area contributed by atoms with Crippen molar-refractivity contribution in [2.24, 2.45) is 0 Å². The molecule has 0 saturated carbocycles. The Labute approximate surface area is 132 Å². The highest BCUT2D eigenvalue weighted by atomic mass is 32.1. The summed E-state index contributed by atoms with van der Waals surface area (Å²) in [5, 5.41) is 2.71. The summed E-state index contributed by atoms with van der Waals surface area (Å²) >= 11 is 1.40. The molecule has 0 bridgehead atoms. The van der Waals surface area contributed by atoms with Crippen molar-refractivity contribution in [1.82, 2.24) is 10.3 Å². The minimum atomic E-state index is -0.355. The fourth-order valence-electron chi connectivity index (χ4n) is 1.85. The summed E-state index contributed by atoms with van der Waals surface area (Å²) in [6, 6.07) is 3.68. The van der Waals surface area contributed by atoms with E-state index >= 15 is 0 Å². The molecule has 0 aliphatic rings. The number of hydrogen-bond acceptors (Lipinski definition) is 6. The first-order valence-electron chi connectivity index (χ1n) is 6.89. The Bertz CT molecular complexity index is 669. The predicted molar refractivity (Wildman–Crippen MR) is 84.1 cm³/mol. The summed E-state index contributed by atoms with van der Waals surface area (Å²) in [6.45, 7) is 2.82. The van der Waals surface area contributed by atoms with Crippen molar-refractivity contribution < 1.29 is 19.1 Å². The van der Waals surface area contributed by atoms with Crippen LogP contribution in [0.15, 0.2) is 18.3 Å².